The van der Waals surface area contributed by atoms with Crippen LogP contribution < -0.4 is 0 Å². The molecule has 0 aromatic carbocycles. The molecule has 0 aromatic heterocycles. The molecule has 86 valence electrons. The van der Waals surface area contributed by atoms with Gasteiger partial charge in [-0.15, -0.1) is 0 Å². The first-order valence-corrected chi connectivity index (χ1v) is 4.98. The number of allylic oxidation sites excluding steroid dienone is 1. The Balaban J connectivity index is 5.40. The summed E-state index contributed by atoms with van der Waals surface area (Å²) in [4.78, 5) is 22.0. The smallest absolute Gasteiger partial charge is 0.332 e. The normalized spacial score (nSPS) is 14.7. The van der Waals surface area contributed by atoms with Gasteiger partial charge in [0.2, 0.25) is 0 Å². The minimum Gasteiger partial charge on any atom is -0.481 e. The van der Waals surface area contributed by atoms with Crippen molar-refractivity contribution in [3.63, 3.8) is 0 Å². The maximum Gasteiger partial charge on any atom is 0.332 e. The van der Waals surface area contributed by atoms with E-state index in [1.807, 2.05) is 6.92 Å². The molecule has 0 aliphatic heterocycles. The molecule has 0 rings (SSSR count). The van der Waals surface area contributed by atoms with Crippen LogP contribution in [0.3, 0.4) is 0 Å². The highest BCUT2D eigenvalue weighted by Gasteiger charge is 2.31. The van der Waals surface area contributed by atoms with Crippen LogP contribution in [0.25, 0.3) is 0 Å². The van der Waals surface area contributed by atoms with Gasteiger partial charge >= 0.3 is 11.9 Å². The van der Waals surface area contributed by atoms with Crippen molar-refractivity contribution in [2.24, 2.45) is 11.8 Å². The Bertz CT molecular complexity index is 289. The van der Waals surface area contributed by atoms with Crippen LogP contribution in [0.5, 0.6) is 0 Å². The van der Waals surface area contributed by atoms with Gasteiger partial charge in [0.15, 0.2) is 0 Å². The third-order valence-electron chi connectivity index (χ3n) is 2.46. The van der Waals surface area contributed by atoms with Crippen molar-refractivity contribution in [2.45, 2.75) is 34.1 Å². The molecule has 0 aliphatic rings. The van der Waals surface area contributed by atoms with Gasteiger partial charge < -0.3 is 10.2 Å². The Kier molecular flexibility index (Phi) is 5.05. The number of carbonyl (C=O) groups is 2. The lowest BCUT2D eigenvalue weighted by atomic mass is 9.85. The van der Waals surface area contributed by atoms with Crippen LogP contribution >= 0.6 is 0 Å². The van der Waals surface area contributed by atoms with Crippen LogP contribution in [0.15, 0.2) is 11.1 Å². The molecule has 15 heavy (non-hydrogen) atoms. The van der Waals surface area contributed by atoms with Crippen molar-refractivity contribution in [1.82, 2.24) is 0 Å². The fourth-order valence-corrected chi connectivity index (χ4v) is 1.51. The summed E-state index contributed by atoms with van der Waals surface area (Å²) in [6, 6.07) is 0. The predicted molar refractivity (Wildman–Crippen MR) is 56.6 cm³/mol. The SMILES string of the molecule is CC/C(C)=C(/C(=O)O)C(C(=O)O)C(C)C. The van der Waals surface area contributed by atoms with E-state index in [-0.39, 0.29) is 11.5 Å². The van der Waals surface area contributed by atoms with E-state index in [0.717, 1.165) is 0 Å². The van der Waals surface area contributed by atoms with E-state index >= 15 is 0 Å². The molecule has 0 bridgehead atoms. The van der Waals surface area contributed by atoms with E-state index in [1.54, 1.807) is 20.8 Å². The van der Waals surface area contributed by atoms with E-state index in [9.17, 15) is 9.59 Å². The third-order valence-corrected chi connectivity index (χ3v) is 2.46. The number of hydrogen-bond donors (Lipinski definition) is 2. The number of hydrogen-bond acceptors (Lipinski definition) is 2. The summed E-state index contributed by atoms with van der Waals surface area (Å²) < 4.78 is 0. The summed E-state index contributed by atoms with van der Waals surface area (Å²) in [6.07, 6.45) is 0.554. The molecule has 0 spiro atoms. The first-order chi connectivity index (χ1) is 6.82. The van der Waals surface area contributed by atoms with Gasteiger partial charge in [0.05, 0.1) is 11.5 Å². The maximum atomic E-state index is 11.0. The lowest BCUT2D eigenvalue weighted by molar-refractivity contribution is -0.145. The average molecular weight is 214 g/mol. The predicted octanol–water partition coefficient (Wildman–Crippen LogP) is 2.15. The molecular formula is C11H18O4. The molecule has 0 aliphatic carbocycles. The second-order valence-corrected chi connectivity index (χ2v) is 3.91. The molecule has 0 saturated heterocycles. The summed E-state index contributed by atoms with van der Waals surface area (Å²) >= 11 is 0. The molecule has 0 heterocycles. The molecule has 4 nitrogen and oxygen atoms in total. The van der Waals surface area contributed by atoms with Gasteiger partial charge in [-0.05, 0) is 19.3 Å². The second kappa shape index (κ2) is 5.53. The minimum atomic E-state index is -1.13. The van der Waals surface area contributed by atoms with Crippen LogP contribution in [-0.2, 0) is 9.59 Å². The molecule has 0 saturated carbocycles. The summed E-state index contributed by atoms with van der Waals surface area (Å²) in [7, 11) is 0. The van der Waals surface area contributed by atoms with Gasteiger partial charge in [-0.3, -0.25) is 4.79 Å². The Morgan fingerprint density at radius 1 is 1.20 bits per heavy atom. The molecule has 2 N–H and O–H groups in total. The van der Waals surface area contributed by atoms with E-state index in [0.29, 0.717) is 12.0 Å². The van der Waals surface area contributed by atoms with Crippen LogP contribution in [0.2, 0.25) is 0 Å². The van der Waals surface area contributed by atoms with Gasteiger partial charge in [-0.25, -0.2) is 4.79 Å². The molecule has 4 heteroatoms. The quantitative estimate of drug-likeness (QED) is 0.688. The Labute approximate surface area is 89.6 Å². The first kappa shape index (κ1) is 13.7. The highest BCUT2D eigenvalue weighted by molar-refractivity contribution is 5.94. The van der Waals surface area contributed by atoms with E-state index in [4.69, 9.17) is 10.2 Å². The lowest BCUT2D eigenvalue weighted by Crippen LogP contribution is -2.27. The van der Waals surface area contributed by atoms with Gasteiger partial charge in [0, 0.05) is 0 Å². The van der Waals surface area contributed by atoms with E-state index in [1.165, 1.54) is 0 Å². The van der Waals surface area contributed by atoms with Crippen LogP contribution in [-0.4, -0.2) is 22.2 Å². The molecule has 0 fully saturated rings. The summed E-state index contributed by atoms with van der Waals surface area (Å²) in [5.41, 5.74) is 0.656. The van der Waals surface area contributed by atoms with Crippen molar-refractivity contribution < 1.29 is 19.8 Å². The van der Waals surface area contributed by atoms with Gasteiger partial charge in [0.25, 0.3) is 0 Å². The first-order valence-electron chi connectivity index (χ1n) is 4.98. The molecular weight excluding hydrogens is 196 g/mol. The fourth-order valence-electron chi connectivity index (χ4n) is 1.51. The van der Waals surface area contributed by atoms with Gasteiger partial charge in [-0.2, -0.15) is 0 Å². The van der Waals surface area contributed by atoms with Crippen molar-refractivity contribution in [3.8, 4) is 0 Å². The Hall–Kier alpha value is -1.32. The lowest BCUT2D eigenvalue weighted by Gasteiger charge is -2.19. The number of carboxylic acid groups (broad SMARTS) is 2. The molecule has 0 radical (unpaired) electrons. The largest absolute Gasteiger partial charge is 0.481 e. The topological polar surface area (TPSA) is 74.6 Å². The van der Waals surface area contributed by atoms with Gasteiger partial charge in [-0.1, -0.05) is 26.3 Å². The summed E-state index contributed by atoms with van der Waals surface area (Å²) in [6.45, 7) is 6.91. The average Bonchev–Trinajstić information content (AvgIpc) is 2.10. The summed E-state index contributed by atoms with van der Waals surface area (Å²) in [5.74, 6) is -3.36. The summed E-state index contributed by atoms with van der Waals surface area (Å²) in [5, 5.41) is 18.0. The van der Waals surface area contributed by atoms with Crippen LogP contribution in [0, 0.1) is 11.8 Å². The van der Waals surface area contributed by atoms with Crippen LogP contribution in [0.4, 0.5) is 0 Å². The maximum absolute atomic E-state index is 11.0. The van der Waals surface area contributed by atoms with E-state index in [2.05, 4.69) is 0 Å². The van der Waals surface area contributed by atoms with Crippen molar-refractivity contribution in [1.29, 1.82) is 0 Å². The minimum absolute atomic E-state index is 0.0278. The van der Waals surface area contributed by atoms with Crippen LogP contribution in [0.1, 0.15) is 34.1 Å². The second-order valence-electron chi connectivity index (χ2n) is 3.91. The number of carboxylic acids is 2. The molecule has 0 aromatic rings. The number of aliphatic carboxylic acids is 2. The molecule has 1 atom stereocenters. The Morgan fingerprint density at radius 2 is 1.67 bits per heavy atom. The highest BCUT2D eigenvalue weighted by atomic mass is 16.4. The monoisotopic (exact) mass is 214 g/mol. The molecule has 0 amide bonds. The fraction of sp³-hybridized carbons (Fsp3) is 0.636. The zero-order valence-electron chi connectivity index (χ0n) is 9.57. The van der Waals surface area contributed by atoms with Gasteiger partial charge in [0.1, 0.15) is 0 Å². The Morgan fingerprint density at radius 3 is 1.87 bits per heavy atom. The van der Waals surface area contributed by atoms with E-state index < -0.39 is 17.9 Å². The van der Waals surface area contributed by atoms with Crippen molar-refractivity contribution in [2.75, 3.05) is 0 Å². The third kappa shape index (κ3) is 3.38. The van der Waals surface area contributed by atoms with Crippen molar-refractivity contribution in [3.05, 3.63) is 11.1 Å². The zero-order valence-corrected chi connectivity index (χ0v) is 9.57. The van der Waals surface area contributed by atoms with Crippen molar-refractivity contribution >= 4 is 11.9 Å². The molecule has 1 unspecified atom stereocenters. The zero-order chi connectivity index (χ0) is 12.2. The standard InChI is InChI=1S/C11H18O4/c1-5-7(4)9(11(14)15)8(6(2)3)10(12)13/h6,8H,5H2,1-4H3,(H,12,13)(H,14,15)/b9-7+. The number of rotatable bonds is 5. The highest BCUT2D eigenvalue weighted by Crippen LogP contribution is 2.25.